The number of ether oxygens (including phenoxy) is 3. The van der Waals surface area contributed by atoms with Crippen LogP contribution in [0, 0.1) is 0 Å². The molecule has 0 saturated carbocycles. The maximum absolute atomic E-state index is 12.8. The van der Waals surface area contributed by atoms with Crippen molar-refractivity contribution in [2.24, 2.45) is 0 Å². The third-order valence-electron chi connectivity index (χ3n) is 13.3. The lowest BCUT2D eigenvalue weighted by atomic mass is 10.0. The van der Waals surface area contributed by atoms with E-state index >= 15 is 0 Å². The van der Waals surface area contributed by atoms with Crippen LogP contribution in [0.25, 0.3) is 0 Å². The minimum Gasteiger partial charge on any atom is -0.462 e. The molecule has 65 heavy (non-hydrogen) atoms. The van der Waals surface area contributed by atoms with Crippen LogP contribution < -0.4 is 0 Å². The minimum atomic E-state index is -0.766. The molecule has 0 spiro atoms. The van der Waals surface area contributed by atoms with Gasteiger partial charge in [0.2, 0.25) is 0 Å². The van der Waals surface area contributed by atoms with Crippen LogP contribution in [0.2, 0.25) is 0 Å². The Morgan fingerprint density at radius 1 is 0.292 bits per heavy atom. The highest BCUT2D eigenvalue weighted by molar-refractivity contribution is 5.71. The molecule has 0 aliphatic rings. The fourth-order valence-corrected chi connectivity index (χ4v) is 8.85. The summed E-state index contributed by atoms with van der Waals surface area (Å²) in [4.78, 5) is 38.1. The molecule has 0 radical (unpaired) electrons. The van der Waals surface area contributed by atoms with Crippen molar-refractivity contribution >= 4 is 17.9 Å². The number of carbonyl (C=O) groups excluding carboxylic acids is 3. The van der Waals surface area contributed by atoms with E-state index in [4.69, 9.17) is 14.2 Å². The molecule has 0 N–H and O–H groups in total. The third kappa shape index (κ3) is 53.0. The van der Waals surface area contributed by atoms with Crippen molar-refractivity contribution in [1.82, 2.24) is 0 Å². The highest BCUT2D eigenvalue weighted by Gasteiger charge is 2.19. The van der Waals surface area contributed by atoms with Crippen molar-refractivity contribution in [3.8, 4) is 0 Å². The van der Waals surface area contributed by atoms with Gasteiger partial charge in [0.05, 0.1) is 0 Å². The summed E-state index contributed by atoms with van der Waals surface area (Å²) in [5.41, 5.74) is 0. The van der Waals surface area contributed by atoms with Gasteiger partial charge >= 0.3 is 17.9 Å². The summed E-state index contributed by atoms with van der Waals surface area (Å²) >= 11 is 0. The molecule has 0 fully saturated rings. The quantitative estimate of drug-likeness (QED) is 0.0262. The molecule has 0 aliphatic heterocycles. The molecule has 0 rings (SSSR count). The summed E-state index contributed by atoms with van der Waals surface area (Å²) in [5, 5.41) is 0. The first-order valence-electron chi connectivity index (χ1n) is 29.2. The minimum absolute atomic E-state index is 0.0657. The molecule has 384 valence electrons. The molecule has 0 saturated heterocycles. The predicted octanol–water partition coefficient (Wildman–Crippen LogP) is 19.3. The maximum Gasteiger partial charge on any atom is 0.306 e. The second-order valence-corrected chi connectivity index (χ2v) is 19.9. The Kier molecular flexibility index (Phi) is 53.2. The SMILES string of the molecule is CCCCCC/C=C/CCCCCCCCCC(=O)O[C@H](COC(=O)CCCCCCCCCCCCCCCC)COC(=O)CCCCCCCCCCCCCCCCCCCC. The van der Waals surface area contributed by atoms with Gasteiger partial charge in [0, 0.05) is 19.3 Å². The van der Waals surface area contributed by atoms with Crippen molar-refractivity contribution in [3.63, 3.8) is 0 Å². The number of unbranched alkanes of at least 4 members (excludes halogenated alkanes) is 41. The molecule has 1 atom stereocenters. The number of allylic oxidation sites excluding steroid dienone is 2. The van der Waals surface area contributed by atoms with E-state index in [-0.39, 0.29) is 31.1 Å². The summed E-state index contributed by atoms with van der Waals surface area (Å²) in [6.07, 6.45) is 62.0. The Balaban J connectivity index is 4.30. The molecule has 0 unspecified atom stereocenters. The molecule has 0 bridgehead atoms. The molecule has 0 aliphatic carbocycles. The number of carbonyl (C=O) groups is 3. The summed E-state index contributed by atoms with van der Waals surface area (Å²) in [7, 11) is 0. The highest BCUT2D eigenvalue weighted by atomic mass is 16.6. The van der Waals surface area contributed by atoms with Crippen molar-refractivity contribution in [3.05, 3.63) is 12.2 Å². The van der Waals surface area contributed by atoms with Crippen molar-refractivity contribution in [1.29, 1.82) is 0 Å². The Morgan fingerprint density at radius 3 is 0.785 bits per heavy atom. The van der Waals surface area contributed by atoms with E-state index < -0.39 is 6.10 Å². The fraction of sp³-hybridized carbons (Fsp3) is 0.915. The zero-order valence-corrected chi connectivity index (χ0v) is 44.0. The number of rotatable bonds is 54. The van der Waals surface area contributed by atoms with Gasteiger partial charge in [0.1, 0.15) is 13.2 Å². The Hall–Kier alpha value is -1.85. The van der Waals surface area contributed by atoms with Crippen molar-refractivity contribution in [2.75, 3.05) is 13.2 Å². The summed E-state index contributed by atoms with van der Waals surface area (Å²) < 4.78 is 16.9. The zero-order valence-electron chi connectivity index (χ0n) is 44.0. The first-order chi connectivity index (χ1) is 32.0. The average Bonchev–Trinajstić information content (AvgIpc) is 3.30. The van der Waals surface area contributed by atoms with Gasteiger partial charge in [-0.2, -0.15) is 0 Å². The van der Waals surface area contributed by atoms with Crippen LogP contribution in [0.5, 0.6) is 0 Å². The third-order valence-corrected chi connectivity index (χ3v) is 13.3. The lowest BCUT2D eigenvalue weighted by Crippen LogP contribution is -2.30. The maximum atomic E-state index is 12.8. The van der Waals surface area contributed by atoms with Crippen LogP contribution in [0.15, 0.2) is 12.2 Å². The standard InChI is InChI=1S/C59H112O6/c1-4-7-10-13-16-19-22-25-28-29-30-32-34-37-40-43-46-49-52-58(61)64-55-56(54-63-57(60)51-48-45-42-39-36-33-27-24-21-18-15-12-9-6-3)65-59(62)53-50-47-44-41-38-35-31-26-23-20-17-14-11-8-5-2/h20,23,56H,4-19,21-22,24-55H2,1-3H3/b23-20+/t56-/m1/s1. The van der Waals surface area contributed by atoms with Gasteiger partial charge in [-0.15, -0.1) is 0 Å². The van der Waals surface area contributed by atoms with E-state index in [9.17, 15) is 14.4 Å². The van der Waals surface area contributed by atoms with Crippen LogP contribution >= 0.6 is 0 Å². The molecular formula is C59H112O6. The van der Waals surface area contributed by atoms with E-state index in [0.29, 0.717) is 19.3 Å². The molecule has 0 aromatic heterocycles. The van der Waals surface area contributed by atoms with Gasteiger partial charge in [0.15, 0.2) is 6.10 Å². The van der Waals surface area contributed by atoms with Crippen LogP contribution in [-0.2, 0) is 28.6 Å². The monoisotopic (exact) mass is 917 g/mol. The van der Waals surface area contributed by atoms with Gasteiger partial charge < -0.3 is 14.2 Å². The normalized spacial score (nSPS) is 12.0. The molecular weight excluding hydrogens is 805 g/mol. The summed E-state index contributed by atoms with van der Waals surface area (Å²) in [6, 6.07) is 0. The smallest absolute Gasteiger partial charge is 0.306 e. The molecule has 0 heterocycles. The van der Waals surface area contributed by atoms with Crippen LogP contribution in [0.3, 0.4) is 0 Å². The largest absolute Gasteiger partial charge is 0.462 e. The fourth-order valence-electron chi connectivity index (χ4n) is 8.85. The first kappa shape index (κ1) is 63.1. The van der Waals surface area contributed by atoms with Crippen LogP contribution in [0.1, 0.15) is 329 Å². The zero-order chi connectivity index (χ0) is 47.2. The highest BCUT2D eigenvalue weighted by Crippen LogP contribution is 2.17. The number of esters is 3. The number of hydrogen-bond donors (Lipinski definition) is 0. The van der Waals surface area contributed by atoms with Gasteiger partial charge in [-0.1, -0.05) is 277 Å². The Bertz CT molecular complexity index is 1010. The summed E-state index contributed by atoms with van der Waals surface area (Å²) in [6.45, 7) is 6.68. The average molecular weight is 918 g/mol. The van der Waals surface area contributed by atoms with Crippen molar-refractivity contribution in [2.45, 2.75) is 335 Å². The van der Waals surface area contributed by atoms with Crippen LogP contribution in [0.4, 0.5) is 0 Å². The molecule has 0 aromatic carbocycles. The van der Waals surface area contributed by atoms with Gasteiger partial charge in [-0.3, -0.25) is 14.4 Å². The number of hydrogen-bond acceptors (Lipinski definition) is 6. The van der Waals surface area contributed by atoms with Gasteiger partial charge in [-0.25, -0.2) is 0 Å². The molecule has 0 amide bonds. The van der Waals surface area contributed by atoms with E-state index in [0.717, 1.165) is 57.8 Å². The topological polar surface area (TPSA) is 78.9 Å². The Labute approximate surface area is 405 Å². The van der Waals surface area contributed by atoms with E-state index in [1.807, 2.05) is 0 Å². The predicted molar refractivity (Wildman–Crippen MR) is 280 cm³/mol. The summed E-state index contributed by atoms with van der Waals surface area (Å²) in [5.74, 6) is -0.845. The van der Waals surface area contributed by atoms with E-state index in [2.05, 4.69) is 32.9 Å². The second-order valence-electron chi connectivity index (χ2n) is 19.9. The van der Waals surface area contributed by atoms with Gasteiger partial charge in [-0.05, 0) is 44.9 Å². The first-order valence-corrected chi connectivity index (χ1v) is 29.2. The van der Waals surface area contributed by atoms with Gasteiger partial charge in [0.25, 0.3) is 0 Å². The molecule has 0 aromatic rings. The van der Waals surface area contributed by atoms with Crippen molar-refractivity contribution < 1.29 is 28.6 Å². The molecule has 6 heteroatoms. The van der Waals surface area contributed by atoms with E-state index in [1.54, 1.807) is 0 Å². The van der Waals surface area contributed by atoms with Crippen LogP contribution in [-0.4, -0.2) is 37.2 Å². The van der Waals surface area contributed by atoms with E-state index in [1.165, 1.54) is 231 Å². The molecule has 6 nitrogen and oxygen atoms in total. The second kappa shape index (κ2) is 54.8. The Morgan fingerprint density at radius 2 is 0.508 bits per heavy atom. The lowest BCUT2D eigenvalue weighted by Gasteiger charge is -2.18. The lowest BCUT2D eigenvalue weighted by molar-refractivity contribution is -0.167.